The number of nitrogens with zero attached hydrogens (tertiary/aromatic N) is 1. The number of rotatable bonds is 4. The molecule has 7 heteroatoms. The van der Waals surface area contributed by atoms with Gasteiger partial charge in [-0.1, -0.05) is 16.8 Å². The summed E-state index contributed by atoms with van der Waals surface area (Å²) in [6.45, 7) is 1.29. The van der Waals surface area contributed by atoms with E-state index in [0.29, 0.717) is 42.2 Å². The Morgan fingerprint density at radius 1 is 1.26 bits per heavy atom. The minimum atomic E-state index is -0.296. The van der Waals surface area contributed by atoms with Crippen molar-refractivity contribution in [3.05, 3.63) is 40.2 Å². The molecule has 1 amide bonds. The predicted octanol–water partition coefficient (Wildman–Crippen LogP) is 2.91. The van der Waals surface area contributed by atoms with E-state index in [9.17, 15) is 4.79 Å². The van der Waals surface area contributed by atoms with Gasteiger partial charge in [0.2, 0.25) is 5.76 Å². The highest BCUT2D eigenvalue weighted by atomic mass is 35.5. The lowest BCUT2D eigenvalue weighted by Crippen LogP contribution is -2.22. The molecule has 23 heavy (non-hydrogen) atoms. The van der Waals surface area contributed by atoms with Crippen molar-refractivity contribution in [2.45, 2.75) is 25.3 Å². The third-order valence-corrected chi connectivity index (χ3v) is 4.14. The average Bonchev–Trinajstić information content (AvgIpc) is 3.30. The molecule has 0 unspecified atom stereocenters. The van der Waals surface area contributed by atoms with Crippen molar-refractivity contribution in [1.29, 1.82) is 0 Å². The van der Waals surface area contributed by atoms with Crippen molar-refractivity contribution in [3.63, 3.8) is 0 Å². The summed E-state index contributed by atoms with van der Waals surface area (Å²) in [5.41, 5.74) is 1.69. The molecular formula is C16H15ClN2O4. The fraction of sp³-hybridized carbons (Fsp3) is 0.375. The van der Waals surface area contributed by atoms with Gasteiger partial charge >= 0.3 is 0 Å². The van der Waals surface area contributed by atoms with Gasteiger partial charge in [0.1, 0.15) is 13.2 Å². The van der Waals surface area contributed by atoms with Crippen LogP contribution in [0.25, 0.3) is 0 Å². The van der Waals surface area contributed by atoms with E-state index in [2.05, 4.69) is 10.5 Å². The first kappa shape index (κ1) is 14.4. The van der Waals surface area contributed by atoms with Crippen LogP contribution in [0.2, 0.25) is 5.02 Å². The molecule has 1 aromatic heterocycles. The smallest absolute Gasteiger partial charge is 0.290 e. The van der Waals surface area contributed by atoms with Crippen molar-refractivity contribution >= 4 is 17.5 Å². The molecule has 0 atom stereocenters. The van der Waals surface area contributed by atoms with Gasteiger partial charge < -0.3 is 19.3 Å². The summed E-state index contributed by atoms with van der Waals surface area (Å²) < 4.78 is 16.1. The van der Waals surface area contributed by atoms with Crippen LogP contribution in [0, 0.1) is 0 Å². The van der Waals surface area contributed by atoms with E-state index in [1.807, 2.05) is 6.07 Å². The van der Waals surface area contributed by atoms with Crippen LogP contribution in [-0.4, -0.2) is 24.3 Å². The van der Waals surface area contributed by atoms with Gasteiger partial charge in [-0.25, -0.2) is 0 Å². The molecule has 6 nitrogen and oxygen atoms in total. The number of aromatic nitrogens is 1. The van der Waals surface area contributed by atoms with Crippen molar-refractivity contribution in [3.8, 4) is 11.5 Å². The summed E-state index contributed by atoms with van der Waals surface area (Å²) in [5.74, 6) is 1.55. The molecule has 0 bridgehead atoms. The maximum atomic E-state index is 12.1. The molecular weight excluding hydrogens is 320 g/mol. The molecule has 1 aliphatic heterocycles. The monoisotopic (exact) mass is 334 g/mol. The number of carbonyl (C=O) groups excluding carboxylic acids is 1. The molecule has 1 saturated carbocycles. The molecule has 1 aliphatic carbocycles. The van der Waals surface area contributed by atoms with Crippen LogP contribution in [0.1, 0.15) is 40.6 Å². The zero-order valence-corrected chi connectivity index (χ0v) is 13.1. The second kappa shape index (κ2) is 5.77. The van der Waals surface area contributed by atoms with Gasteiger partial charge in [-0.3, -0.25) is 4.79 Å². The number of benzene rings is 1. The van der Waals surface area contributed by atoms with Crippen LogP contribution in [0.4, 0.5) is 0 Å². The topological polar surface area (TPSA) is 73.6 Å². The van der Waals surface area contributed by atoms with Crippen LogP contribution in [0.15, 0.2) is 22.7 Å². The molecule has 1 aromatic carbocycles. The van der Waals surface area contributed by atoms with Crippen LogP contribution in [-0.2, 0) is 6.54 Å². The molecule has 0 saturated heterocycles. The van der Waals surface area contributed by atoms with E-state index >= 15 is 0 Å². The normalized spacial score (nSPS) is 16.2. The number of fused-ring (bicyclic) bond motifs is 1. The Morgan fingerprint density at radius 2 is 2.09 bits per heavy atom. The van der Waals surface area contributed by atoms with Gasteiger partial charge in [0.15, 0.2) is 11.5 Å². The van der Waals surface area contributed by atoms with Gasteiger partial charge in [0.05, 0.1) is 10.7 Å². The number of halogens is 1. The van der Waals surface area contributed by atoms with Crippen molar-refractivity contribution in [2.75, 3.05) is 13.2 Å². The van der Waals surface area contributed by atoms with Crippen molar-refractivity contribution in [2.24, 2.45) is 0 Å². The number of carbonyl (C=O) groups is 1. The average molecular weight is 335 g/mol. The van der Waals surface area contributed by atoms with Crippen molar-refractivity contribution < 1.29 is 18.8 Å². The highest BCUT2D eigenvalue weighted by molar-refractivity contribution is 6.32. The standard InChI is InChI=1S/C16H15ClN2O4/c17-11-5-9(6-13-15(11)22-4-3-21-13)8-18-16(20)14-7-12(19-23-14)10-1-2-10/h5-7,10H,1-4,8H2,(H,18,20). The minimum absolute atomic E-state index is 0.232. The van der Waals surface area contributed by atoms with E-state index in [-0.39, 0.29) is 11.7 Å². The Kier molecular flexibility index (Phi) is 3.61. The third-order valence-electron chi connectivity index (χ3n) is 3.86. The molecule has 4 rings (SSSR count). The highest BCUT2D eigenvalue weighted by Crippen LogP contribution is 2.39. The molecule has 0 radical (unpaired) electrons. The SMILES string of the molecule is O=C(NCc1cc(Cl)c2c(c1)OCCO2)c1cc(C2CC2)no1. The molecule has 2 aliphatic rings. The van der Waals surface area contributed by atoms with Gasteiger partial charge in [0, 0.05) is 18.5 Å². The van der Waals surface area contributed by atoms with Gasteiger partial charge in [-0.15, -0.1) is 0 Å². The fourth-order valence-corrected chi connectivity index (χ4v) is 2.79. The molecule has 2 aromatic rings. The Bertz CT molecular complexity index is 755. The number of hydrogen-bond donors (Lipinski definition) is 1. The first-order valence-electron chi connectivity index (χ1n) is 7.53. The second-order valence-electron chi connectivity index (χ2n) is 5.67. The van der Waals surface area contributed by atoms with E-state index in [1.54, 1.807) is 12.1 Å². The molecule has 1 N–H and O–H groups in total. The van der Waals surface area contributed by atoms with Crippen LogP contribution in [0.3, 0.4) is 0 Å². The van der Waals surface area contributed by atoms with Crippen LogP contribution >= 0.6 is 11.6 Å². The number of amides is 1. The Morgan fingerprint density at radius 3 is 2.91 bits per heavy atom. The number of nitrogens with one attached hydrogen (secondary N) is 1. The van der Waals surface area contributed by atoms with E-state index < -0.39 is 0 Å². The lowest BCUT2D eigenvalue weighted by atomic mass is 10.2. The van der Waals surface area contributed by atoms with E-state index in [0.717, 1.165) is 24.1 Å². The zero-order valence-electron chi connectivity index (χ0n) is 12.3. The maximum absolute atomic E-state index is 12.1. The first-order chi connectivity index (χ1) is 11.2. The van der Waals surface area contributed by atoms with Gasteiger partial charge in [-0.05, 0) is 30.5 Å². The predicted molar refractivity (Wildman–Crippen MR) is 82.1 cm³/mol. The first-order valence-corrected chi connectivity index (χ1v) is 7.91. The molecule has 2 heterocycles. The highest BCUT2D eigenvalue weighted by Gasteiger charge is 2.28. The lowest BCUT2D eigenvalue weighted by Gasteiger charge is -2.20. The summed E-state index contributed by atoms with van der Waals surface area (Å²) >= 11 is 6.18. The second-order valence-corrected chi connectivity index (χ2v) is 6.08. The number of hydrogen-bond acceptors (Lipinski definition) is 5. The summed E-state index contributed by atoms with van der Waals surface area (Å²) in [6.07, 6.45) is 2.23. The Labute approximate surface area is 137 Å². The largest absolute Gasteiger partial charge is 0.486 e. The lowest BCUT2D eigenvalue weighted by molar-refractivity contribution is 0.0913. The zero-order chi connectivity index (χ0) is 15.8. The van der Waals surface area contributed by atoms with Crippen LogP contribution < -0.4 is 14.8 Å². The summed E-state index contributed by atoms with van der Waals surface area (Å²) in [6, 6.07) is 5.28. The Hall–Kier alpha value is -2.21. The Balaban J connectivity index is 1.43. The fourth-order valence-electron chi connectivity index (χ4n) is 2.50. The van der Waals surface area contributed by atoms with E-state index in [4.69, 9.17) is 25.6 Å². The maximum Gasteiger partial charge on any atom is 0.290 e. The van der Waals surface area contributed by atoms with Crippen molar-refractivity contribution in [1.82, 2.24) is 10.5 Å². The quantitative estimate of drug-likeness (QED) is 0.930. The third kappa shape index (κ3) is 2.99. The van der Waals surface area contributed by atoms with Crippen LogP contribution in [0.5, 0.6) is 11.5 Å². The molecule has 1 fully saturated rings. The molecule has 120 valence electrons. The summed E-state index contributed by atoms with van der Waals surface area (Å²) in [4.78, 5) is 12.1. The van der Waals surface area contributed by atoms with Gasteiger partial charge in [-0.2, -0.15) is 0 Å². The summed E-state index contributed by atoms with van der Waals surface area (Å²) in [7, 11) is 0. The molecule has 0 spiro atoms. The summed E-state index contributed by atoms with van der Waals surface area (Å²) in [5, 5.41) is 7.20. The van der Waals surface area contributed by atoms with Gasteiger partial charge in [0.25, 0.3) is 5.91 Å². The minimum Gasteiger partial charge on any atom is -0.486 e. The number of ether oxygens (including phenoxy) is 2. The van der Waals surface area contributed by atoms with E-state index in [1.165, 1.54) is 0 Å².